The van der Waals surface area contributed by atoms with Crippen molar-refractivity contribution in [1.82, 2.24) is 0 Å². The molecule has 0 atom stereocenters. The third kappa shape index (κ3) is 4.92. The molecule has 0 saturated heterocycles. The van der Waals surface area contributed by atoms with Crippen LogP contribution in [-0.2, 0) is 0 Å². The lowest BCUT2D eigenvalue weighted by molar-refractivity contribution is 0.628. The number of nitrogens with zero attached hydrogens (tertiary/aromatic N) is 1. The highest BCUT2D eigenvalue weighted by Gasteiger charge is 1.95. The number of benzene rings is 1. The molecular weight excluding hydrogens is 239 g/mol. The van der Waals surface area contributed by atoms with Crippen molar-refractivity contribution in [3.63, 3.8) is 0 Å². The van der Waals surface area contributed by atoms with Gasteiger partial charge in [-0.1, -0.05) is 24.3 Å². The van der Waals surface area contributed by atoms with Crippen molar-refractivity contribution in [2.75, 3.05) is 11.9 Å². The molecule has 1 aliphatic rings. The molecule has 1 aliphatic heterocycles. The third-order valence-corrected chi connectivity index (χ3v) is 2.71. The Balaban J connectivity index is 1.97. The lowest BCUT2D eigenvalue weighted by Gasteiger charge is -2.06. The molecule has 0 saturated carbocycles. The lowest BCUT2D eigenvalue weighted by atomic mass is 10.2. The first-order valence-corrected chi connectivity index (χ1v) is 6.38. The van der Waals surface area contributed by atoms with Crippen molar-refractivity contribution in [2.45, 2.75) is 12.8 Å². The van der Waals surface area contributed by atoms with Crippen LogP contribution in [0.2, 0.25) is 0 Å². The molecule has 0 bridgehead atoms. The maximum absolute atomic E-state index is 12.8. The van der Waals surface area contributed by atoms with Gasteiger partial charge in [0, 0.05) is 24.6 Å². The molecular formula is C16H17FN2. The van der Waals surface area contributed by atoms with Gasteiger partial charge in [-0.25, -0.2) is 4.39 Å². The van der Waals surface area contributed by atoms with Gasteiger partial charge in [-0.15, -0.1) is 0 Å². The van der Waals surface area contributed by atoms with Crippen LogP contribution < -0.4 is 5.32 Å². The molecule has 0 fully saturated rings. The first-order chi connectivity index (χ1) is 9.34. The largest absolute Gasteiger partial charge is 0.381 e. The number of anilines is 1. The highest BCUT2D eigenvalue weighted by Crippen LogP contribution is 2.10. The average Bonchev–Trinajstić information content (AvgIpc) is 2.45. The second kappa shape index (κ2) is 7.31. The van der Waals surface area contributed by atoms with Crippen molar-refractivity contribution in [1.29, 1.82) is 0 Å². The number of aliphatic imine (C=N–C) groups is 1. The summed E-state index contributed by atoms with van der Waals surface area (Å²) in [6.07, 6.45) is 14.0. The summed E-state index contributed by atoms with van der Waals surface area (Å²) < 4.78 is 12.8. The van der Waals surface area contributed by atoms with E-state index in [1.165, 1.54) is 12.1 Å². The Bertz CT molecular complexity index is 510. The molecule has 0 spiro atoms. The topological polar surface area (TPSA) is 24.4 Å². The third-order valence-electron chi connectivity index (χ3n) is 2.71. The normalized spacial score (nSPS) is 22.9. The summed E-state index contributed by atoms with van der Waals surface area (Å²) in [7, 11) is 0. The second-order valence-electron chi connectivity index (χ2n) is 4.26. The molecule has 0 aromatic heterocycles. The molecule has 0 aliphatic carbocycles. The molecule has 0 radical (unpaired) electrons. The van der Waals surface area contributed by atoms with Gasteiger partial charge in [0.2, 0.25) is 0 Å². The lowest BCUT2D eigenvalue weighted by Crippen LogP contribution is -2.03. The number of hydrogen-bond donors (Lipinski definition) is 1. The van der Waals surface area contributed by atoms with Crippen LogP contribution in [0.4, 0.5) is 10.1 Å². The number of halogens is 1. The zero-order valence-corrected chi connectivity index (χ0v) is 10.7. The fourth-order valence-corrected chi connectivity index (χ4v) is 1.67. The van der Waals surface area contributed by atoms with Gasteiger partial charge in [-0.2, -0.15) is 0 Å². The van der Waals surface area contributed by atoms with Gasteiger partial charge in [-0.3, -0.25) is 4.99 Å². The van der Waals surface area contributed by atoms with Crippen molar-refractivity contribution in [2.24, 2.45) is 4.99 Å². The van der Waals surface area contributed by atoms with E-state index in [-0.39, 0.29) is 5.82 Å². The highest BCUT2D eigenvalue weighted by atomic mass is 19.1. The van der Waals surface area contributed by atoms with Gasteiger partial charge >= 0.3 is 0 Å². The Morgan fingerprint density at radius 1 is 1.11 bits per heavy atom. The molecule has 2 nitrogen and oxygen atoms in total. The van der Waals surface area contributed by atoms with E-state index in [2.05, 4.69) is 16.4 Å². The summed E-state index contributed by atoms with van der Waals surface area (Å²) in [6.45, 7) is 0.660. The molecule has 1 heterocycles. The van der Waals surface area contributed by atoms with E-state index in [1.807, 2.05) is 30.6 Å². The van der Waals surface area contributed by atoms with Gasteiger partial charge in [-0.05, 0) is 42.7 Å². The minimum atomic E-state index is -0.224. The maximum atomic E-state index is 12.8. The number of allylic oxidation sites excluding steroid dienone is 3. The van der Waals surface area contributed by atoms with Crippen LogP contribution in [-0.4, -0.2) is 12.8 Å². The quantitative estimate of drug-likeness (QED) is 0.865. The molecule has 19 heavy (non-hydrogen) atoms. The van der Waals surface area contributed by atoms with E-state index in [4.69, 9.17) is 0 Å². The van der Waals surface area contributed by atoms with Gasteiger partial charge in [0.15, 0.2) is 0 Å². The van der Waals surface area contributed by atoms with Crippen LogP contribution in [0.15, 0.2) is 65.3 Å². The summed E-state index contributed by atoms with van der Waals surface area (Å²) >= 11 is 0. The number of rotatable bonds is 3. The second-order valence-corrected chi connectivity index (χ2v) is 4.26. The predicted octanol–water partition coefficient (Wildman–Crippen LogP) is 4.10. The predicted molar refractivity (Wildman–Crippen MR) is 79.0 cm³/mol. The van der Waals surface area contributed by atoms with Gasteiger partial charge in [0.25, 0.3) is 0 Å². The molecule has 1 N–H and O–H groups in total. The van der Waals surface area contributed by atoms with Gasteiger partial charge < -0.3 is 5.32 Å². The van der Waals surface area contributed by atoms with Crippen LogP contribution in [0.5, 0.6) is 0 Å². The summed E-state index contributed by atoms with van der Waals surface area (Å²) in [5, 5.41) is 3.24. The van der Waals surface area contributed by atoms with Gasteiger partial charge in [0.1, 0.15) is 5.82 Å². The van der Waals surface area contributed by atoms with Crippen molar-refractivity contribution in [3.8, 4) is 0 Å². The smallest absolute Gasteiger partial charge is 0.123 e. The first kappa shape index (κ1) is 13.3. The van der Waals surface area contributed by atoms with Crippen LogP contribution in [0.25, 0.3) is 0 Å². The van der Waals surface area contributed by atoms with Gasteiger partial charge in [0.05, 0.1) is 0 Å². The van der Waals surface area contributed by atoms with Crippen molar-refractivity contribution < 1.29 is 4.39 Å². The molecule has 0 amide bonds. The summed E-state index contributed by atoms with van der Waals surface area (Å²) in [5.74, 6) is -0.224. The maximum Gasteiger partial charge on any atom is 0.123 e. The number of nitrogens with one attached hydrogen (secondary N) is 1. The Labute approximate surface area is 113 Å². The zero-order valence-electron chi connectivity index (χ0n) is 10.7. The zero-order chi connectivity index (χ0) is 13.3. The monoisotopic (exact) mass is 256 g/mol. The van der Waals surface area contributed by atoms with E-state index >= 15 is 0 Å². The molecule has 98 valence electrons. The SMILES string of the molecule is Fc1ccc(NCC2=C\N=C/CC/C=C/C=C\2)cc1. The highest BCUT2D eigenvalue weighted by molar-refractivity contribution is 5.58. The first-order valence-electron chi connectivity index (χ1n) is 6.38. The summed E-state index contributed by atoms with van der Waals surface area (Å²) in [4.78, 5) is 4.27. The van der Waals surface area contributed by atoms with Crippen LogP contribution in [0.1, 0.15) is 12.8 Å². The average molecular weight is 256 g/mol. The Kier molecular flexibility index (Phi) is 5.11. The van der Waals surface area contributed by atoms with Crippen molar-refractivity contribution >= 4 is 11.9 Å². The molecule has 2 rings (SSSR count). The molecule has 3 heteroatoms. The molecule has 1 aromatic rings. The van der Waals surface area contributed by atoms with Crippen LogP contribution in [0.3, 0.4) is 0 Å². The van der Waals surface area contributed by atoms with Crippen LogP contribution >= 0.6 is 0 Å². The molecule has 0 unspecified atom stereocenters. The van der Waals surface area contributed by atoms with E-state index in [9.17, 15) is 4.39 Å². The van der Waals surface area contributed by atoms with E-state index in [0.717, 1.165) is 24.1 Å². The number of hydrogen-bond acceptors (Lipinski definition) is 2. The summed E-state index contributed by atoms with van der Waals surface area (Å²) in [6, 6.07) is 6.34. The van der Waals surface area contributed by atoms with E-state index in [0.29, 0.717) is 6.54 Å². The van der Waals surface area contributed by atoms with E-state index < -0.39 is 0 Å². The van der Waals surface area contributed by atoms with Crippen molar-refractivity contribution in [3.05, 3.63) is 66.2 Å². The Hall–Kier alpha value is -2.16. The minimum Gasteiger partial charge on any atom is -0.381 e. The standard InChI is InChI=1S/C16H17FN2/c17-15-7-9-16(10-8-15)19-13-14-6-4-2-1-3-5-11-18-12-14/h1-2,4,6-12,19H,3,5,13H2/b2-1+,6-4-,14-12-,18-11-. The Morgan fingerprint density at radius 3 is 2.79 bits per heavy atom. The summed E-state index contributed by atoms with van der Waals surface area (Å²) in [5.41, 5.74) is 1.97. The van der Waals surface area contributed by atoms with Crippen LogP contribution in [0, 0.1) is 5.82 Å². The Morgan fingerprint density at radius 2 is 1.95 bits per heavy atom. The fraction of sp³-hybridized carbons (Fsp3) is 0.188. The van der Waals surface area contributed by atoms with E-state index in [1.54, 1.807) is 12.1 Å². The minimum absolute atomic E-state index is 0.224. The fourth-order valence-electron chi connectivity index (χ4n) is 1.67. The molecule has 1 aromatic carbocycles.